The first kappa shape index (κ1) is 46.3. The van der Waals surface area contributed by atoms with Crippen molar-refractivity contribution in [2.75, 3.05) is 71.3 Å². The van der Waals surface area contributed by atoms with Gasteiger partial charge < -0.3 is 33.3 Å². The average molecular weight is 747 g/mol. The zero-order valence-corrected chi connectivity index (χ0v) is 32.6. The quantitative estimate of drug-likeness (QED) is 0.0296. The molecule has 11 nitrogen and oxygen atoms in total. The van der Waals surface area contributed by atoms with Crippen molar-refractivity contribution in [3.05, 3.63) is 29.2 Å². The Morgan fingerprint density at radius 2 is 1.14 bits per heavy atom. The van der Waals surface area contributed by atoms with E-state index < -0.39 is 13.7 Å². The number of ether oxygens (including phenoxy) is 4. The summed E-state index contributed by atoms with van der Waals surface area (Å²) in [6, 6.07) is 6.21. The number of carbonyl (C=O) groups is 1. The second-order valence-electron chi connectivity index (χ2n) is 12.4. The number of nitrogens with one attached hydrogen (secondary N) is 1. The Morgan fingerprint density at radius 3 is 1.68 bits per heavy atom. The highest BCUT2D eigenvalue weighted by molar-refractivity contribution is 7.80. The maximum Gasteiger partial charge on any atom is 0.407 e. The number of hydrogen-bond donors (Lipinski definition) is 2. The molecule has 0 saturated heterocycles. The smallest absolute Gasteiger partial charge is 0.407 e. The standard InChI is InChI=1S/C37H67N2O9PS/c1-2-47-49(42,48-36-23-21-35(39-41)22-24-36)33-19-15-11-7-3-6-10-14-18-27-46-37(40)38-25-28-44-30-32-45-31-29-43-26-17-13-9-5-4-8-12-16-20-34-50/h21-24,50H,2-20,25-34H2,1H3,(H,38,40). The molecule has 1 aromatic rings. The lowest BCUT2D eigenvalue weighted by Gasteiger charge is -2.18. The molecule has 0 radical (unpaired) electrons. The van der Waals surface area contributed by atoms with Gasteiger partial charge in [0.15, 0.2) is 0 Å². The molecule has 0 fully saturated rings. The lowest BCUT2D eigenvalue weighted by atomic mass is 10.1. The Hall–Kier alpha value is -1.69. The van der Waals surface area contributed by atoms with Crippen molar-refractivity contribution < 1.29 is 37.4 Å². The summed E-state index contributed by atoms with van der Waals surface area (Å²) < 4.78 is 46.1. The third-order valence-electron chi connectivity index (χ3n) is 8.03. The first-order chi connectivity index (χ1) is 24.5. The SMILES string of the molecule is CCOP(=O)(CCCCCCCCCCCOC(=O)NCCOCCOCCOCCCCCCCCCCCS)Oc1ccc(N=O)cc1. The third-order valence-corrected chi connectivity index (χ3v) is 10.3. The number of hydrogen-bond acceptors (Lipinski definition) is 11. The predicted octanol–water partition coefficient (Wildman–Crippen LogP) is 10.4. The molecule has 13 heteroatoms. The van der Waals surface area contributed by atoms with Crippen LogP contribution in [0.2, 0.25) is 0 Å². The second-order valence-corrected chi connectivity index (χ2v) is 15.0. The van der Waals surface area contributed by atoms with E-state index in [2.05, 4.69) is 23.1 Å². The fourth-order valence-electron chi connectivity index (χ4n) is 5.24. The molecular formula is C37H67N2O9PS. The number of thiol groups is 1. The Balaban J connectivity index is 1.81. The molecule has 0 saturated carbocycles. The van der Waals surface area contributed by atoms with Crippen molar-refractivity contribution in [3.8, 4) is 5.75 Å². The van der Waals surface area contributed by atoms with E-state index in [4.69, 9.17) is 28.0 Å². The molecule has 290 valence electrons. The van der Waals surface area contributed by atoms with E-state index >= 15 is 0 Å². The minimum Gasteiger partial charge on any atom is -0.450 e. The summed E-state index contributed by atoms with van der Waals surface area (Å²) in [6.45, 7) is 6.31. The summed E-state index contributed by atoms with van der Waals surface area (Å²) in [4.78, 5) is 22.4. The molecule has 1 N–H and O–H groups in total. The predicted molar refractivity (Wildman–Crippen MR) is 205 cm³/mol. The van der Waals surface area contributed by atoms with Crippen molar-refractivity contribution in [1.29, 1.82) is 0 Å². The molecule has 0 aliphatic carbocycles. The molecule has 1 amide bonds. The van der Waals surface area contributed by atoms with Crippen LogP contribution in [-0.4, -0.2) is 77.4 Å². The van der Waals surface area contributed by atoms with Gasteiger partial charge in [0.05, 0.1) is 52.4 Å². The molecule has 0 heterocycles. The van der Waals surface area contributed by atoms with E-state index in [0.717, 1.165) is 76.6 Å². The van der Waals surface area contributed by atoms with Crippen LogP contribution in [0.5, 0.6) is 5.75 Å². The van der Waals surface area contributed by atoms with Gasteiger partial charge in [-0.1, -0.05) is 89.9 Å². The fraction of sp³-hybridized carbons (Fsp3) is 0.811. The third kappa shape index (κ3) is 28.9. The lowest BCUT2D eigenvalue weighted by molar-refractivity contribution is 0.0143. The molecule has 0 aliphatic heterocycles. The fourth-order valence-corrected chi connectivity index (χ4v) is 7.19. The number of nitrogens with zero attached hydrogens (tertiary/aromatic N) is 1. The van der Waals surface area contributed by atoms with Crippen molar-refractivity contribution in [2.45, 2.75) is 122 Å². The van der Waals surface area contributed by atoms with Gasteiger partial charge in [0.1, 0.15) is 11.4 Å². The summed E-state index contributed by atoms with van der Waals surface area (Å²) in [6.07, 6.45) is 20.7. The highest BCUT2D eigenvalue weighted by Crippen LogP contribution is 2.49. The van der Waals surface area contributed by atoms with Gasteiger partial charge >= 0.3 is 13.7 Å². The molecule has 0 aromatic heterocycles. The van der Waals surface area contributed by atoms with Gasteiger partial charge in [0, 0.05) is 13.2 Å². The van der Waals surface area contributed by atoms with Crippen molar-refractivity contribution in [1.82, 2.24) is 5.32 Å². The van der Waals surface area contributed by atoms with Gasteiger partial charge in [0.2, 0.25) is 0 Å². The molecule has 1 aromatic carbocycles. The van der Waals surface area contributed by atoms with E-state index in [-0.39, 0.29) is 0 Å². The lowest BCUT2D eigenvalue weighted by Crippen LogP contribution is -2.28. The summed E-state index contributed by atoms with van der Waals surface area (Å²) >= 11 is 4.25. The zero-order valence-electron chi connectivity index (χ0n) is 30.8. The van der Waals surface area contributed by atoms with Crippen LogP contribution in [-0.2, 0) is 28.0 Å². The van der Waals surface area contributed by atoms with Gasteiger partial charge in [-0.2, -0.15) is 12.6 Å². The maximum atomic E-state index is 13.0. The van der Waals surface area contributed by atoms with E-state index in [1.165, 1.54) is 63.5 Å². The summed E-state index contributed by atoms with van der Waals surface area (Å²) in [7, 11) is -3.24. The van der Waals surface area contributed by atoms with Crippen molar-refractivity contribution >= 4 is 32.0 Å². The maximum absolute atomic E-state index is 13.0. The van der Waals surface area contributed by atoms with E-state index in [0.29, 0.717) is 70.4 Å². The van der Waals surface area contributed by atoms with Crippen LogP contribution in [0.25, 0.3) is 0 Å². The summed E-state index contributed by atoms with van der Waals surface area (Å²) in [5.74, 6) is 1.42. The molecule has 50 heavy (non-hydrogen) atoms. The molecular weight excluding hydrogens is 679 g/mol. The highest BCUT2D eigenvalue weighted by Gasteiger charge is 2.25. The van der Waals surface area contributed by atoms with Crippen LogP contribution >= 0.6 is 20.2 Å². The van der Waals surface area contributed by atoms with Crippen LogP contribution in [0.4, 0.5) is 10.5 Å². The van der Waals surface area contributed by atoms with Crippen molar-refractivity contribution in [2.24, 2.45) is 5.18 Å². The van der Waals surface area contributed by atoms with Gasteiger partial charge in [-0.05, 0) is 67.8 Å². The van der Waals surface area contributed by atoms with E-state index in [9.17, 15) is 14.3 Å². The number of carbonyl (C=O) groups excluding carboxylic acids is 1. The molecule has 1 rings (SSSR count). The van der Waals surface area contributed by atoms with Crippen LogP contribution < -0.4 is 9.84 Å². The zero-order chi connectivity index (χ0) is 36.2. The normalized spacial score (nSPS) is 12.4. The van der Waals surface area contributed by atoms with E-state index in [1.54, 1.807) is 19.1 Å². The minimum atomic E-state index is -3.24. The number of amides is 1. The highest BCUT2D eigenvalue weighted by atomic mass is 32.1. The number of benzene rings is 1. The Labute approximate surface area is 307 Å². The average Bonchev–Trinajstić information content (AvgIpc) is 3.11. The first-order valence-electron chi connectivity index (χ1n) is 19.1. The van der Waals surface area contributed by atoms with Crippen LogP contribution in [0.1, 0.15) is 122 Å². The number of unbranched alkanes of at least 4 members (excludes halogenated alkanes) is 16. The number of nitroso groups, excluding NO2 is 1. The summed E-state index contributed by atoms with van der Waals surface area (Å²) in [5, 5.41) is 5.57. The van der Waals surface area contributed by atoms with E-state index in [1.807, 2.05) is 0 Å². The number of alkyl carbamates (subject to hydrolysis) is 1. The van der Waals surface area contributed by atoms with Crippen LogP contribution in [0.3, 0.4) is 0 Å². The van der Waals surface area contributed by atoms with Crippen molar-refractivity contribution in [3.63, 3.8) is 0 Å². The molecule has 0 aliphatic rings. The molecule has 0 bridgehead atoms. The van der Waals surface area contributed by atoms with Gasteiger partial charge in [-0.3, -0.25) is 0 Å². The summed E-state index contributed by atoms with van der Waals surface area (Å²) in [5.41, 5.74) is 0.292. The monoisotopic (exact) mass is 746 g/mol. The topological polar surface area (TPSA) is 131 Å². The van der Waals surface area contributed by atoms with Gasteiger partial charge in [-0.15, -0.1) is 4.91 Å². The Morgan fingerprint density at radius 1 is 0.660 bits per heavy atom. The molecule has 1 unspecified atom stereocenters. The first-order valence-corrected chi connectivity index (χ1v) is 21.5. The van der Waals surface area contributed by atoms with Crippen LogP contribution in [0, 0.1) is 4.91 Å². The molecule has 0 spiro atoms. The van der Waals surface area contributed by atoms with Gasteiger partial charge in [-0.25, -0.2) is 9.36 Å². The largest absolute Gasteiger partial charge is 0.450 e. The number of rotatable bonds is 37. The Bertz CT molecular complexity index is 975. The van der Waals surface area contributed by atoms with Crippen LogP contribution in [0.15, 0.2) is 29.4 Å². The minimum absolute atomic E-state index is 0.292. The Kier molecular flexibility index (Phi) is 31.9. The van der Waals surface area contributed by atoms with Gasteiger partial charge in [0.25, 0.3) is 0 Å². The second kappa shape index (κ2) is 34.4. The molecule has 1 atom stereocenters.